The Balaban J connectivity index is 4.30. The molecule has 0 aliphatic carbocycles. The molecule has 3 nitrogen and oxygen atoms in total. The first-order chi connectivity index (χ1) is 5.54. The van der Waals surface area contributed by atoms with Crippen molar-refractivity contribution in [3.05, 3.63) is 0 Å². The summed E-state index contributed by atoms with van der Waals surface area (Å²) in [4.78, 5) is 11.4. The van der Waals surface area contributed by atoms with Crippen LogP contribution in [0.3, 0.4) is 0 Å². The van der Waals surface area contributed by atoms with E-state index in [9.17, 15) is 4.79 Å². The zero-order valence-electron chi connectivity index (χ0n) is 8.37. The van der Waals surface area contributed by atoms with E-state index in [1.807, 2.05) is 20.8 Å². The Morgan fingerprint density at radius 1 is 1.31 bits per heavy atom. The molecule has 0 saturated heterocycles. The monoisotopic (exact) mass is 174 g/mol. The molecule has 6 radical (unpaired) electrons. The largest absolute Gasteiger partial charge is 0.301 e. The van der Waals surface area contributed by atoms with Gasteiger partial charge in [-0.1, -0.05) is 26.0 Å². The van der Waals surface area contributed by atoms with E-state index in [-0.39, 0.29) is 17.7 Å². The Bertz CT molecular complexity index is 195. The predicted octanol–water partition coefficient (Wildman–Crippen LogP) is -0.758. The fraction of sp³-hybridized carbons (Fsp3) is 0.857. The van der Waals surface area contributed by atoms with Gasteiger partial charge in [0.1, 0.15) is 0 Å². The van der Waals surface area contributed by atoms with Crippen LogP contribution in [0.5, 0.6) is 0 Å². The highest BCUT2D eigenvalue weighted by Crippen LogP contribution is 2.19. The molecule has 66 valence electrons. The number of hydrogen-bond donors (Lipinski definition) is 1. The van der Waals surface area contributed by atoms with Crippen LogP contribution in [0.2, 0.25) is 0 Å². The molecular formula is C7H13B3N2O. The molecule has 0 aromatic carbocycles. The van der Waals surface area contributed by atoms with E-state index in [4.69, 9.17) is 29.4 Å². The highest BCUT2D eigenvalue weighted by atomic mass is 16.2. The summed E-state index contributed by atoms with van der Waals surface area (Å²) >= 11 is 0. The molecule has 0 atom stereocenters. The van der Waals surface area contributed by atoms with Crippen LogP contribution in [0.25, 0.3) is 0 Å². The summed E-state index contributed by atoms with van der Waals surface area (Å²) in [6.45, 7) is 5.72. The van der Waals surface area contributed by atoms with Gasteiger partial charge in [-0.2, -0.15) is 0 Å². The SMILES string of the molecule is [B]C([B])([B])N(N)C(=O)CC(C)(C)C. The van der Waals surface area contributed by atoms with Crippen LogP contribution in [-0.2, 0) is 4.79 Å². The van der Waals surface area contributed by atoms with Crippen LogP contribution in [0.4, 0.5) is 0 Å². The van der Waals surface area contributed by atoms with Crippen molar-refractivity contribution in [1.29, 1.82) is 0 Å². The van der Waals surface area contributed by atoms with Crippen molar-refractivity contribution in [3.8, 4) is 0 Å². The molecule has 1 amide bonds. The number of hydrogen-bond acceptors (Lipinski definition) is 2. The molecule has 6 heteroatoms. The molecule has 0 unspecified atom stereocenters. The van der Waals surface area contributed by atoms with E-state index in [0.29, 0.717) is 5.01 Å². The Labute approximate surface area is 83.6 Å². The molecule has 0 saturated carbocycles. The van der Waals surface area contributed by atoms with E-state index in [1.54, 1.807) is 0 Å². The van der Waals surface area contributed by atoms with Crippen molar-refractivity contribution in [3.63, 3.8) is 0 Å². The van der Waals surface area contributed by atoms with Crippen molar-refractivity contribution in [2.75, 3.05) is 0 Å². The van der Waals surface area contributed by atoms with Gasteiger partial charge in [0.15, 0.2) is 0 Å². The number of carbonyl (C=O) groups excluding carboxylic acids is 1. The Morgan fingerprint density at radius 3 is 1.92 bits per heavy atom. The quantitative estimate of drug-likeness (QED) is 0.258. The number of hydrazine groups is 1. The summed E-state index contributed by atoms with van der Waals surface area (Å²) in [5.74, 6) is 4.94. The first-order valence-corrected chi connectivity index (χ1v) is 3.98. The average Bonchev–Trinajstić information content (AvgIpc) is 1.79. The van der Waals surface area contributed by atoms with Gasteiger partial charge in [0.2, 0.25) is 5.91 Å². The second-order valence-corrected chi connectivity index (χ2v) is 4.39. The maximum atomic E-state index is 11.4. The second-order valence-electron chi connectivity index (χ2n) is 4.39. The molecule has 0 spiro atoms. The summed E-state index contributed by atoms with van der Waals surface area (Å²) in [5, 5.41) is -1.14. The smallest absolute Gasteiger partial charge is 0.235 e. The highest BCUT2D eigenvalue weighted by molar-refractivity contribution is 6.59. The van der Waals surface area contributed by atoms with Crippen molar-refractivity contribution in [2.24, 2.45) is 11.3 Å². The summed E-state index contributed by atoms with van der Waals surface area (Å²) < 4.78 is 0. The number of carbonyl (C=O) groups is 1. The molecule has 0 aliphatic rings. The third kappa shape index (κ3) is 5.03. The number of rotatable bonds is 2. The highest BCUT2D eigenvalue weighted by Gasteiger charge is 2.25. The van der Waals surface area contributed by atoms with Gasteiger partial charge in [0.25, 0.3) is 0 Å². The number of amides is 1. The van der Waals surface area contributed by atoms with Crippen molar-refractivity contribution < 1.29 is 4.79 Å². The molecule has 0 rings (SSSR count). The van der Waals surface area contributed by atoms with E-state index in [1.165, 1.54) is 0 Å². The summed E-state index contributed by atoms with van der Waals surface area (Å²) in [6.07, 6.45) is 0.247. The predicted molar refractivity (Wildman–Crippen MR) is 55.1 cm³/mol. The van der Waals surface area contributed by atoms with Crippen molar-refractivity contribution in [1.82, 2.24) is 5.01 Å². The molecule has 0 bridgehead atoms. The van der Waals surface area contributed by atoms with Gasteiger partial charge >= 0.3 is 0 Å². The number of nitrogens with zero attached hydrogens (tertiary/aromatic N) is 1. The minimum absolute atomic E-state index is 0.167. The molecular weight excluding hydrogens is 161 g/mol. The zero-order valence-corrected chi connectivity index (χ0v) is 8.37. The molecule has 0 aliphatic heterocycles. The van der Waals surface area contributed by atoms with E-state index < -0.39 is 5.24 Å². The Morgan fingerprint density at radius 2 is 1.69 bits per heavy atom. The van der Waals surface area contributed by atoms with Gasteiger partial charge in [0.05, 0.1) is 23.5 Å². The lowest BCUT2D eigenvalue weighted by Gasteiger charge is -2.34. The zero-order chi connectivity index (χ0) is 10.9. The lowest BCUT2D eigenvalue weighted by Crippen LogP contribution is -2.58. The maximum Gasteiger partial charge on any atom is 0.235 e. The molecule has 0 aromatic heterocycles. The first kappa shape index (κ1) is 12.6. The molecule has 0 heterocycles. The third-order valence-corrected chi connectivity index (χ3v) is 1.37. The average molecular weight is 174 g/mol. The number of nitrogens with two attached hydrogens (primary N) is 1. The Hall–Kier alpha value is -0.375. The van der Waals surface area contributed by atoms with Gasteiger partial charge in [-0.05, 0) is 5.41 Å². The minimum atomic E-state index is -1.79. The molecule has 13 heavy (non-hydrogen) atoms. The Kier molecular flexibility index (Phi) is 3.67. The fourth-order valence-electron chi connectivity index (χ4n) is 0.755. The van der Waals surface area contributed by atoms with Crippen LogP contribution in [0, 0.1) is 5.41 Å². The van der Waals surface area contributed by atoms with Crippen molar-refractivity contribution >= 4 is 29.4 Å². The minimum Gasteiger partial charge on any atom is -0.301 e. The molecule has 0 aromatic rings. The van der Waals surface area contributed by atoms with Crippen molar-refractivity contribution in [2.45, 2.75) is 32.4 Å². The summed E-state index contributed by atoms with van der Waals surface area (Å²) in [6, 6.07) is 0. The maximum absolute atomic E-state index is 11.4. The van der Waals surface area contributed by atoms with E-state index >= 15 is 0 Å². The first-order valence-electron chi connectivity index (χ1n) is 3.98. The fourth-order valence-corrected chi connectivity index (χ4v) is 0.755. The lowest BCUT2D eigenvalue weighted by atomic mass is 9.49. The third-order valence-electron chi connectivity index (χ3n) is 1.37. The summed E-state index contributed by atoms with van der Waals surface area (Å²) in [7, 11) is 15.7. The lowest BCUT2D eigenvalue weighted by molar-refractivity contribution is -0.133. The van der Waals surface area contributed by atoms with Gasteiger partial charge in [-0.3, -0.25) is 4.79 Å². The van der Waals surface area contributed by atoms with Crippen LogP contribution in [0.1, 0.15) is 27.2 Å². The van der Waals surface area contributed by atoms with Gasteiger partial charge < -0.3 is 5.01 Å². The van der Waals surface area contributed by atoms with Crippen LogP contribution >= 0.6 is 0 Å². The molecule has 0 fully saturated rings. The normalized spacial score (nSPS) is 12.6. The van der Waals surface area contributed by atoms with Gasteiger partial charge in [0, 0.05) is 6.42 Å². The second kappa shape index (κ2) is 3.78. The van der Waals surface area contributed by atoms with E-state index in [0.717, 1.165) is 0 Å². The standard InChI is InChI=1S/C7H13B3N2O/c1-6(2,3)4-5(13)12(11)7(8,9)10/h4,11H2,1-3H3. The molecule has 2 N–H and O–H groups in total. The van der Waals surface area contributed by atoms with Crippen LogP contribution < -0.4 is 5.84 Å². The van der Waals surface area contributed by atoms with Crippen LogP contribution in [0.15, 0.2) is 0 Å². The van der Waals surface area contributed by atoms with Crippen LogP contribution in [-0.4, -0.2) is 39.7 Å². The van der Waals surface area contributed by atoms with E-state index in [2.05, 4.69) is 0 Å². The summed E-state index contributed by atoms with van der Waals surface area (Å²) in [5.41, 5.74) is -0.167. The van der Waals surface area contributed by atoms with Gasteiger partial charge in [-0.25, -0.2) is 5.84 Å². The van der Waals surface area contributed by atoms with Gasteiger partial charge in [-0.15, -0.1) is 0 Å². The topological polar surface area (TPSA) is 46.3 Å².